The van der Waals surface area contributed by atoms with Crippen molar-refractivity contribution in [1.29, 1.82) is 0 Å². The van der Waals surface area contributed by atoms with Crippen molar-refractivity contribution >= 4 is 31.9 Å². The number of aryl methyl sites for hydroxylation is 1. The average molecular weight is 386 g/mol. The highest BCUT2D eigenvalue weighted by atomic mass is 79.9. The number of hydrogen-bond donors (Lipinski definition) is 0. The minimum atomic E-state index is 0.531. The van der Waals surface area contributed by atoms with Gasteiger partial charge in [-0.05, 0) is 64.3 Å². The molecule has 0 amide bonds. The fourth-order valence-electron chi connectivity index (χ4n) is 1.67. The molecule has 19 heavy (non-hydrogen) atoms. The van der Waals surface area contributed by atoms with Crippen LogP contribution in [0.5, 0.6) is 11.5 Å². The molecule has 0 spiro atoms. The summed E-state index contributed by atoms with van der Waals surface area (Å²) in [6.07, 6.45) is 0. The summed E-state index contributed by atoms with van der Waals surface area (Å²) >= 11 is 6.94. The van der Waals surface area contributed by atoms with Crippen molar-refractivity contribution in [2.24, 2.45) is 0 Å². The van der Waals surface area contributed by atoms with E-state index in [1.165, 1.54) is 0 Å². The quantitative estimate of drug-likeness (QED) is 0.728. The number of rotatable bonds is 4. The van der Waals surface area contributed by atoms with Gasteiger partial charge in [-0.1, -0.05) is 22.0 Å². The van der Waals surface area contributed by atoms with Gasteiger partial charge in [0, 0.05) is 4.47 Å². The molecule has 0 aromatic heterocycles. The standard InChI is InChI=1S/C15H14Br2O2/c1-10-7-12(4-5-13(10)16)19-9-11-3-6-15(18-2)14(17)8-11/h3-8H,9H2,1-2H3. The maximum Gasteiger partial charge on any atom is 0.133 e. The van der Waals surface area contributed by atoms with Gasteiger partial charge >= 0.3 is 0 Å². The fourth-order valence-corrected chi connectivity index (χ4v) is 2.51. The topological polar surface area (TPSA) is 18.5 Å². The molecule has 0 aliphatic carbocycles. The summed E-state index contributed by atoms with van der Waals surface area (Å²) in [5.74, 6) is 1.69. The van der Waals surface area contributed by atoms with E-state index in [1.807, 2.05) is 43.3 Å². The molecule has 0 saturated heterocycles. The predicted octanol–water partition coefficient (Wildman–Crippen LogP) is 5.11. The molecule has 0 aliphatic rings. The summed E-state index contributed by atoms with van der Waals surface area (Å²) < 4.78 is 13.0. The van der Waals surface area contributed by atoms with Crippen LogP contribution < -0.4 is 9.47 Å². The monoisotopic (exact) mass is 384 g/mol. The van der Waals surface area contributed by atoms with E-state index in [9.17, 15) is 0 Å². The van der Waals surface area contributed by atoms with Crippen LogP contribution in [0.4, 0.5) is 0 Å². The van der Waals surface area contributed by atoms with Crippen molar-refractivity contribution in [3.63, 3.8) is 0 Å². The molecule has 0 fully saturated rings. The Kier molecular flexibility index (Phi) is 4.88. The van der Waals surface area contributed by atoms with Gasteiger partial charge in [0.25, 0.3) is 0 Å². The molecule has 0 atom stereocenters. The van der Waals surface area contributed by atoms with E-state index >= 15 is 0 Å². The Morgan fingerprint density at radius 2 is 1.79 bits per heavy atom. The Morgan fingerprint density at radius 3 is 2.42 bits per heavy atom. The van der Waals surface area contributed by atoms with Crippen LogP contribution >= 0.6 is 31.9 Å². The Hall–Kier alpha value is -1.000. The lowest BCUT2D eigenvalue weighted by Crippen LogP contribution is -1.96. The number of halogens is 2. The highest BCUT2D eigenvalue weighted by molar-refractivity contribution is 9.10. The van der Waals surface area contributed by atoms with Crippen LogP contribution in [0.2, 0.25) is 0 Å². The van der Waals surface area contributed by atoms with Crippen LogP contribution in [0, 0.1) is 6.92 Å². The lowest BCUT2D eigenvalue weighted by molar-refractivity contribution is 0.305. The molecule has 2 rings (SSSR count). The summed E-state index contributed by atoms with van der Waals surface area (Å²) in [5.41, 5.74) is 2.25. The second-order valence-corrected chi connectivity index (χ2v) is 5.88. The van der Waals surface area contributed by atoms with Crippen LogP contribution in [0.3, 0.4) is 0 Å². The van der Waals surface area contributed by atoms with E-state index < -0.39 is 0 Å². The highest BCUT2D eigenvalue weighted by Gasteiger charge is 2.03. The lowest BCUT2D eigenvalue weighted by atomic mass is 10.2. The Bertz CT molecular complexity index is 582. The number of hydrogen-bond acceptors (Lipinski definition) is 2. The lowest BCUT2D eigenvalue weighted by Gasteiger charge is -2.09. The molecule has 0 heterocycles. The SMILES string of the molecule is COc1ccc(COc2ccc(Br)c(C)c2)cc1Br. The molecule has 2 nitrogen and oxygen atoms in total. The van der Waals surface area contributed by atoms with Crippen molar-refractivity contribution in [1.82, 2.24) is 0 Å². The molecule has 2 aromatic rings. The first kappa shape index (κ1) is 14.4. The van der Waals surface area contributed by atoms with E-state index in [-0.39, 0.29) is 0 Å². The molecular formula is C15H14Br2O2. The molecule has 0 saturated carbocycles. The first-order valence-corrected chi connectivity index (χ1v) is 7.40. The molecule has 0 unspecified atom stereocenters. The van der Waals surface area contributed by atoms with Gasteiger partial charge in [0.1, 0.15) is 18.1 Å². The van der Waals surface area contributed by atoms with Crippen LogP contribution in [0.1, 0.15) is 11.1 Å². The maximum absolute atomic E-state index is 5.77. The Morgan fingerprint density at radius 1 is 1.00 bits per heavy atom. The first-order chi connectivity index (χ1) is 9.10. The van der Waals surface area contributed by atoms with Gasteiger partial charge in [-0.2, -0.15) is 0 Å². The van der Waals surface area contributed by atoms with Crippen molar-refractivity contribution in [3.8, 4) is 11.5 Å². The Labute approximate surface area is 130 Å². The van der Waals surface area contributed by atoms with Gasteiger partial charge in [0.15, 0.2) is 0 Å². The van der Waals surface area contributed by atoms with Crippen molar-refractivity contribution in [2.45, 2.75) is 13.5 Å². The fraction of sp³-hybridized carbons (Fsp3) is 0.200. The minimum absolute atomic E-state index is 0.531. The van der Waals surface area contributed by atoms with Crippen molar-refractivity contribution in [3.05, 3.63) is 56.5 Å². The molecule has 4 heteroatoms. The third-order valence-corrected chi connectivity index (χ3v) is 4.26. The third-order valence-electron chi connectivity index (χ3n) is 2.75. The second kappa shape index (κ2) is 6.44. The molecule has 0 bridgehead atoms. The summed E-state index contributed by atoms with van der Waals surface area (Å²) in [7, 11) is 1.65. The van der Waals surface area contributed by atoms with Gasteiger partial charge in [0.05, 0.1) is 11.6 Å². The molecule has 0 aliphatic heterocycles. The number of ether oxygens (including phenoxy) is 2. The molecule has 0 radical (unpaired) electrons. The third kappa shape index (κ3) is 3.74. The van der Waals surface area contributed by atoms with Gasteiger partial charge in [-0.25, -0.2) is 0 Å². The summed E-state index contributed by atoms with van der Waals surface area (Å²) in [5, 5.41) is 0. The van der Waals surface area contributed by atoms with Gasteiger partial charge in [0.2, 0.25) is 0 Å². The van der Waals surface area contributed by atoms with Crippen molar-refractivity contribution in [2.75, 3.05) is 7.11 Å². The molecular weight excluding hydrogens is 372 g/mol. The van der Waals surface area contributed by atoms with E-state index in [1.54, 1.807) is 7.11 Å². The van der Waals surface area contributed by atoms with Gasteiger partial charge in [-0.15, -0.1) is 0 Å². The van der Waals surface area contributed by atoms with Crippen molar-refractivity contribution < 1.29 is 9.47 Å². The van der Waals surface area contributed by atoms with Gasteiger partial charge < -0.3 is 9.47 Å². The normalized spacial score (nSPS) is 10.3. The minimum Gasteiger partial charge on any atom is -0.496 e. The predicted molar refractivity (Wildman–Crippen MR) is 83.9 cm³/mol. The van der Waals surface area contributed by atoms with E-state index in [0.29, 0.717) is 6.61 Å². The zero-order chi connectivity index (χ0) is 13.8. The van der Waals surface area contributed by atoms with Crippen LogP contribution in [-0.4, -0.2) is 7.11 Å². The number of benzene rings is 2. The Balaban J connectivity index is 2.05. The first-order valence-electron chi connectivity index (χ1n) is 5.81. The summed E-state index contributed by atoms with van der Waals surface area (Å²) in [6, 6.07) is 11.9. The zero-order valence-corrected chi connectivity index (χ0v) is 13.9. The van der Waals surface area contributed by atoms with Gasteiger partial charge in [-0.3, -0.25) is 0 Å². The summed E-state index contributed by atoms with van der Waals surface area (Å²) in [6.45, 7) is 2.57. The van der Waals surface area contributed by atoms with E-state index in [2.05, 4.69) is 31.9 Å². The zero-order valence-electron chi connectivity index (χ0n) is 10.7. The summed E-state index contributed by atoms with van der Waals surface area (Å²) in [4.78, 5) is 0. The second-order valence-electron chi connectivity index (χ2n) is 4.17. The van der Waals surface area contributed by atoms with Crippen LogP contribution in [-0.2, 0) is 6.61 Å². The van der Waals surface area contributed by atoms with E-state index in [4.69, 9.17) is 9.47 Å². The molecule has 100 valence electrons. The smallest absolute Gasteiger partial charge is 0.133 e. The molecule has 0 N–H and O–H groups in total. The average Bonchev–Trinajstić information content (AvgIpc) is 2.40. The van der Waals surface area contributed by atoms with Crippen LogP contribution in [0.25, 0.3) is 0 Å². The van der Waals surface area contributed by atoms with E-state index in [0.717, 1.165) is 31.6 Å². The van der Waals surface area contributed by atoms with Crippen LogP contribution in [0.15, 0.2) is 45.3 Å². The molecule has 2 aromatic carbocycles. The number of methoxy groups -OCH3 is 1. The maximum atomic E-state index is 5.77. The largest absolute Gasteiger partial charge is 0.496 e. The highest BCUT2D eigenvalue weighted by Crippen LogP contribution is 2.27.